The van der Waals surface area contributed by atoms with E-state index >= 15 is 0 Å². The third kappa shape index (κ3) is 2.93. The van der Waals surface area contributed by atoms with Gasteiger partial charge in [-0.25, -0.2) is 16.8 Å². The van der Waals surface area contributed by atoms with Crippen molar-refractivity contribution in [3.8, 4) is 0 Å². The Morgan fingerprint density at radius 1 is 1.07 bits per heavy atom. The molecule has 0 unspecified atom stereocenters. The summed E-state index contributed by atoms with van der Waals surface area (Å²) in [7, 11) is -2.49. The molecule has 84 valence electrons. The largest absolute Gasteiger partial charge is 0.262 e. The van der Waals surface area contributed by atoms with E-state index < -0.39 is 18.9 Å². The normalized spacial score (nSPS) is 12.7. The highest BCUT2D eigenvalue weighted by molar-refractivity contribution is 8.14. The van der Waals surface area contributed by atoms with Crippen LogP contribution in [0.25, 0.3) is 0 Å². The molecule has 0 aliphatic heterocycles. The molecule has 0 N–H and O–H groups in total. The van der Waals surface area contributed by atoms with E-state index in [1.807, 2.05) is 0 Å². The summed E-state index contributed by atoms with van der Waals surface area (Å²) in [4.78, 5) is -0.644. The van der Waals surface area contributed by atoms with Gasteiger partial charge < -0.3 is 0 Å². The van der Waals surface area contributed by atoms with Gasteiger partial charge >= 0.3 is 0 Å². The predicted molar refractivity (Wildman–Crippen MR) is 57.3 cm³/mol. The summed E-state index contributed by atoms with van der Waals surface area (Å²) in [5.41, 5.74) is 0.627. The molecule has 0 atom stereocenters. The number of rotatable bonds is 2. The molecule has 15 heavy (non-hydrogen) atoms. The number of aryl methyl sites for hydroxylation is 1. The number of halogens is 1. The highest BCUT2D eigenvalue weighted by atomic mass is 35.7. The number of hydrogen-bond donors (Lipinski definition) is 0. The molecule has 0 spiro atoms. The minimum Gasteiger partial charge on any atom is -0.224 e. The zero-order valence-electron chi connectivity index (χ0n) is 8.06. The van der Waals surface area contributed by atoms with Crippen LogP contribution in [-0.4, -0.2) is 23.1 Å². The van der Waals surface area contributed by atoms with Crippen molar-refractivity contribution in [3.63, 3.8) is 0 Å². The number of benzene rings is 1. The fourth-order valence-electron chi connectivity index (χ4n) is 1.11. The Labute approximate surface area is 93.2 Å². The number of hydrogen-bond acceptors (Lipinski definition) is 4. The Kier molecular flexibility index (Phi) is 3.14. The first-order chi connectivity index (χ1) is 6.62. The van der Waals surface area contributed by atoms with Gasteiger partial charge in [0.15, 0.2) is 9.84 Å². The maximum absolute atomic E-state index is 11.3. The maximum atomic E-state index is 11.3. The van der Waals surface area contributed by atoms with E-state index in [2.05, 4.69) is 0 Å². The molecule has 0 heterocycles. The van der Waals surface area contributed by atoms with Crippen molar-refractivity contribution in [1.82, 2.24) is 0 Å². The second kappa shape index (κ2) is 3.77. The van der Waals surface area contributed by atoms with Crippen LogP contribution in [0.3, 0.4) is 0 Å². The molecule has 0 saturated carbocycles. The topological polar surface area (TPSA) is 68.3 Å². The quantitative estimate of drug-likeness (QED) is 0.759. The zero-order chi connectivity index (χ0) is 11.9. The van der Waals surface area contributed by atoms with Crippen molar-refractivity contribution in [2.45, 2.75) is 16.7 Å². The summed E-state index contributed by atoms with van der Waals surface area (Å²) in [6.45, 7) is 1.65. The molecule has 7 heteroatoms. The molecule has 0 radical (unpaired) electrons. The monoisotopic (exact) mass is 268 g/mol. The van der Waals surface area contributed by atoms with Crippen LogP contribution in [0.4, 0.5) is 0 Å². The van der Waals surface area contributed by atoms with Gasteiger partial charge in [-0.1, -0.05) is 6.07 Å². The van der Waals surface area contributed by atoms with Crippen molar-refractivity contribution >= 4 is 29.6 Å². The van der Waals surface area contributed by atoms with Gasteiger partial charge in [0.05, 0.1) is 4.90 Å². The summed E-state index contributed by atoms with van der Waals surface area (Å²) in [6, 6.07) is 3.99. The first kappa shape index (κ1) is 12.5. The standard InChI is InChI=1S/C8H9ClO4S2/c1-6-3-4-7(14(2,10)11)8(5-6)15(9,12)13/h3-5H,1-2H3. The summed E-state index contributed by atoms with van der Waals surface area (Å²) in [5.74, 6) is 0. The molecule has 0 aliphatic rings. The fourth-order valence-corrected chi connectivity index (χ4v) is 3.79. The van der Waals surface area contributed by atoms with Crippen molar-refractivity contribution < 1.29 is 16.8 Å². The lowest BCUT2D eigenvalue weighted by Gasteiger charge is -2.05. The molecular formula is C8H9ClO4S2. The fraction of sp³-hybridized carbons (Fsp3) is 0.250. The van der Waals surface area contributed by atoms with Crippen molar-refractivity contribution in [3.05, 3.63) is 23.8 Å². The van der Waals surface area contributed by atoms with E-state index in [1.54, 1.807) is 6.92 Å². The van der Waals surface area contributed by atoms with Gasteiger partial charge in [-0.3, -0.25) is 0 Å². The van der Waals surface area contributed by atoms with Crippen LogP contribution in [0, 0.1) is 6.92 Å². The van der Waals surface area contributed by atoms with E-state index in [1.165, 1.54) is 18.2 Å². The lowest BCUT2D eigenvalue weighted by Crippen LogP contribution is -2.05. The van der Waals surface area contributed by atoms with Crippen molar-refractivity contribution in [2.75, 3.05) is 6.26 Å². The molecule has 0 bridgehead atoms. The first-order valence-electron chi connectivity index (χ1n) is 3.88. The third-order valence-electron chi connectivity index (χ3n) is 1.76. The Balaban J connectivity index is 3.71. The Morgan fingerprint density at radius 2 is 1.60 bits per heavy atom. The average Bonchev–Trinajstić information content (AvgIpc) is 2.00. The molecule has 0 aliphatic carbocycles. The van der Waals surface area contributed by atoms with Gasteiger partial charge in [0.2, 0.25) is 0 Å². The van der Waals surface area contributed by atoms with E-state index in [9.17, 15) is 16.8 Å². The highest BCUT2D eigenvalue weighted by Gasteiger charge is 2.21. The molecule has 0 saturated heterocycles. The molecule has 0 amide bonds. The van der Waals surface area contributed by atoms with Crippen molar-refractivity contribution in [2.24, 2.45) is 0 Å². The van der Waals surface area contributed by atoms with Crippen LogP contribution in [0.15, 0.2) is 28.0 Å². The average molecular weight is 269 g/mol. The summed E-state index contributed by atoms with van der Waals surface area (Å²) < 4.78 is 44.9. The highest BCUT2D eigenvalue weighted by Crippen LogP contribution is 2.25. The van der Waals surface area contributed by atoms with E-state index in [4.69, 9.17) is 10.7 Å². The summed E-state index contributed by atoms with van der Waals surface area (Å²) in [6.07, 6.45) is 0.934. The molecule has 1 aromatic carbocycles. The van der Waals surface area contributed by atoms with Crippen molar-refractivity contribution in [1.29, 1.82) is 0 Å². The molecule has 0 fully saturated rings. The smallest absolute Gasteiger partial charge is 0.224 e. The van der Waals surface area contributed by atoms with Gasteiger partial charge in [-0.2, -0.15) is 0 Å². The van der Waals surface area contributed by atoms with Gasteiger partial charge in [-0.15, -0.1) is 0 Å². The third-order valence-corrected chi connectivity index (χ3v) is 4.41. The van der Waals surface area contributed by atoms with Crippen LogP contribution in [0.5, 0.6) is 0 Å². The van der Waals surface area contributed by atoms with E-state index in [0.29, 0.717) is 5.56 Å². The van der Waals surface area contributed by atoms with E-state index in [-0.39, 0.29) is 9.79 Å². The van der Waals surface area contributed by atoms with Gasteiger partial charge in [0.25, 0.3) is 9.05 Å². The van der Waals surface area contributed by atoms with Crippen LogP contribution < -0.4 is 0 Å². The Hall–Kier alpha value is -0.590. The Bertz CT molecular complexity index is 587. The molecule has 1 rings (SSSR count). The van der Waals surface area contributed by atoms with Gasteiger partial charge in [-0.05, 0) is 24.6 Å². The van der Waals surface area contributed by atoms with Crippen LogP contribution in [0.1, 0.15) is 5.56 Å². The van der Waals surface area contributed by atoms with Crippen LogP contribution in [0.2, 0.25) is 0 Å². The SMILES string of the molecule is Cc1ccc(S(C)(=O)=O)c(S(=O)(=O)Cl)c1. The van der Waals surface area contributed by atoms with Crippen LogP contribution >= 0.6 is 10.7 Å². The molecule has 0 aromatic heterocycles. The second-order valence-corrected chi connectivity index (χ2v) is 7.68. The minimum atomic E-state index is -4.05. The summed E-state index contributed by atoms with van der Waals surface area (Å²) >= 11 is 0. The number of sulfone groups is 1. The van der Waals surface area contributed by atoms with Gasteiger partial charge in [0.1, 0.15) is 4.90 Å². The van der Waals surface area contributed by atoms with E-state index in [0.717, 1.165) is 6.26 Å². The minimum absolute atomic E-state index is 0.275. The first-order valence-corrected chi connectivity index (χ1v) is 8.08. The predicted octanol–water partition coefficient (Wildman–Crippen LogP) is 1.33. The lowest BCUT2D eigenvalue weighted by molar-refractivity contribution is 0.592. The molecule has 4 nitrogen and oxygen atoms in total. The van der Waals surface area contributed by atoms with Crippen LogP contribution in [-0.2, 0) is 18.9 Å². The second-order valence-electron chi connectivity index (χ2n) is 3.16. The Morgan fingerprint density at radius 3 is 2.00 bits per heavy atom. The lowest BCUT2D eigenvalue weighted by atomic mass is 10.2. The molecule has 1 aromatic rings. The summed E-state index contributed by atoms with van der Waals surface area (Å²) in [5, 5.41) is 0. The zero-order valence-corrected chi connectivity index (χ0v) is 10.4. The molecular weight excluding hydrogens is 260 g/mol. The van der Waals surface area contributed by atoms with Gasteiger partial charge in [0, 0.05) is 16.9 Å². The maximum Gasteiger partial charge on any atom is 0.262 e.